The number of hydrogen-bond donors (Lipinski definition) is 1. The average Bonchev–Trinajstić information content (AvgIpc) is 2.27. The maximum Gasteiger partial charge on any atom is 0.357 e. The number of rotatable bonds is 3. The molecule has 0 saturated heterocycles. The smallest absolute Gasteiger partial charge is 0.357 e. The van der Waals surface area contributed by atoms with Crippen LogP contribution in [0.4, 0.5) is 8.78 Å². The third-order valence-electron chi connectivity index (χ3n) is 1.90. The number of pyridine rings is 1. The minimum atomic E-state index is -2.66. The van der Waals surface area contributed by atoms with E-state index in [2.05, 4.69) is 9.72 Å². The van der Waals surface area contributed by atoms with Crippen LogP contribution in [-0.2, 0) is 11.3 Å². The Balaban J connectivity index is 3.31. The fraction of sp³-hybridized carbons (Fsp3) is 0.333. The molecule has 88 valence electrons. The first-order chi connectivity index (χ1) is 7.51. The molecule has 0 spiro atoms. The van der Waals surface area contributed by atoms with Gasteiger partial charge in [0.05, 0.1) is 12.8 Å². The van der Waals surface area contributed by atoms with Gasteiger partial charge in [0, 0.05) is 15.7 Å². The van der Waals surface area contributed by atoms with Crippen molar-refractivity contribution in [3.63, 3.8) is 0 Å². The van der Waals surface area contributed by atoms with E-state index < -0.39 is 12.4 Å². The first-order valence-electron chi connectivity index (χ1n) is 4.27. The molecule has 0 amide bonds. The highest BCUT2D eigenvalue weighted by Gasteiger charge is 2.20. The number of nitrogens with two attached hydrogens (primary N) is 1. The number of nitrogens with zero attached hydrogens (tertiary/aromatic N) is 1. The number of halogens is 3. The largest absolute Gasteiger partial charge is 0.464 e. The summed E-state index contributed by atoms with van der Waals surface area (Å²) in [5.41, 5.74) is 5.07. The second kappa shape index (κ2) is 5.48. The van der Waals surface area contributed by atoms with Crippen molar-refractivity contribution in [2.45, 2.75) is 13.0 Å². The van der Waals surface area contributed by atoms with Crippen LogP contribution in [-0.4, -0.2) is 18.1 Å². The van der Waals surface area contributed by atoms with E-state index in [1.165, 1.54) is 13.2 Å². The predicted octanol–water partition coefficient (Wildman–Crippen LogP) is 1.87. The Bertz CT molecular complexity index is 413. The SMILES string of the molecule is COC(=O)c1nc(CN)c(C(F)F)cc1I. The van der Waals surface area contributed by atoms with E-state index in [1.807, 2.05) is 0 Å². The Labute approximate surface area is 104 Å². The van der Waals surface area contributed by atoms with Gasteiger partial charge in [0.2, 0.25) is 0 Å². The van der Waals surface area contributed by atoms with Gasteiger partial charge in [0.25, 0.3) is 6.43 Å². The zero-order valence-electron chi connectivity index (χ0n) is 8.34. The number of carbonyl (C=O) groups is 1. The van der Waals surface area contributed by atoms with Gasteiger partial charge < -0.3 is 10.5 Å². The van der Waals surface area contributed by atoms with Crippen molar-refractivity contribution in [2.75, 3.05) is 7.11 Å². The van der Waals surface area contributed by atoms with Gasteiger partial charge in [-0.15, -0.1) is 0 Å². The molecule has 16 heavy (non-hydrogen) atoms. The Morgan fingerprint density at radius 2 is 2.31 bits per heavy atom. The molecule has 4 nitrogen and oxygen atoms in total. The summed E-state index contributed by atoms with van der Waals surface area (Å²) in [5, 5.41) is 0. The monoisotopic (exact) mass is 342 g/mol. The number of alkyl halides is 2. The molecule has 0 aliphatic carbocycles. The van der Waals surface area contributed by atoms with Crippen molar-refractivity contribution >= 4 is 28.6 Å². The topological polar surface area (TPSA) is 65.2 Å². The molecule has 2 N–H and O–H groups in total. The Morgan fingerprint density at radius 1 is 1.69 bits per heavy atom. The summed E-state index contributed by atoms with van der Waals surface area (Å²) in [6, 6.07) is 1.20. The molecule has 1 aromatic rings. The number of hydrogen-bond acceptors (Lipinski definition) is 4. The molecule has 0 aliphatic heterocycles. The molecule has 0 saturated carbocycles. The van der Waals surface area contributed by atoms with Crippen molar-refractivity contribution < 1.29 is 18.3 Å². The van der Waals surface area contributed by atoms with Crippen LogP contribution in [0.1, 0.15) is 28.2 Å². The van der Waals surface area contributed by atoms with Crippen molar-refractivity contribution in [3.05, 3.63) is 26.6 Å². The molecule has 0 aliphatic rings. The lowest BCUT2D eigenvalue weighted by molar-refractivity contribution is 0.0591. The minimum Gasteiger partial charge on any atom is -0.464 e. The van der Waals surface area contributed by atoms with Gasteiger partial charge in [-0.1, -0.05) is 0 Å². The van der Waals surface area contributed by atoms with E-state index in [0.29, 0.717) is 3.57 Å². The normalized spacial score (nSPS) is 10.6. The summed E-state index contributed by atoms with van der Waals surface area (Å²) in [4.78, 5) is 15.1. The van der Waals surface area contributed by atoms with E-state index in [-0.39, 0.29) is 23.5 Å². The summed E-state index contributed by atoms with van der Waals surface area (Å²) >= 11 is 1.75. The number of methoxy groups -OCH3 is 1. The lowest BCUT2D eigenvalue weighted by Crippen LogP contribution is -2.13. The van der Waals surface area contributed by atoms with Crippen LogP contribution in [0.15, 0.2) is 6.07 Å². The van der Waals surface area contributed by atoms with E-state index in [4.69, 9.17) is 5.73 Å². The maximum absolute atomic E-state index is 12.6. The molecule has 7 heteroatoms. The molecule has 0 unspecified atom stereocenters. The van der Waals surface area contributed by atoms with Gasteiger partial charge in [-0.05, 0) is 28.7 Å². The van der Waals surface area contributed by atoms with Gasteiger partial charge in [-0.2, -0.15) is 0 Å². The molecular formula is C9H9F2IN2O2. The first-order valence-corrected chi connectivity index (χ1v) is 5.35. The predicted molar refractivity (Wildman–Crippen MR) is 61.1 cm³/mol. The summed E-state index contributed by atoms with van der Waals surface area (Å²) < 4.78 is 30.0. The molecule has 0 atom stereocenters. The average molecular weight is 342 g/mol. The highest BCUT2D eigenvalue weighted by atomic mass is 127. The highest BCUT2D eigenvalue weighted by molar-refractivity contribution is 14.1. The lowest BCUT2D eigenvalue weighted by atomic mass is 10.1. The third-order valence-corrected chi connectivity index (χ3v) is 2.72. The van der Waals surface area contributed by atoms with Gasteiger partial charge in [-0.25, -0.2) is 18.6 Å². The van der Waals surface area contributed by atoms with Crippen LogP contribution < -0.4 is 5.73 Å². The van der Waals surface area contributed by atoms with Crippen LogP contribution in [0.25, 0.3) is 0 Å². The fourth-order valence-corrected chi connectivity index (χ4v) is 1.81. The molecular weight excluding hydrogens is 333 g/mol. The van der Waals surface area contributed by atoms with Crippen LogP contribution in [0.3, 0.4) is 0 Å². The van der Waals surface area contributed by atoms with Crippen LogP contribution in [0.2, 0.25) is 0 Å². The standard InChI is InChI=1S/C9H9F2IN2O2/c1-16-9(15)7-5(12)2-4(8(10)11)6(3-13)14-7/h2,8H,3,13H2,1H3. The summed E-state index contributed by atoms with van der Waals surface area (Å²) in [6.07, 6.45) is -2.66. The third kappa shape index (κ3) is 2.64. The number of aromatic nitrogens is 1. The van der Waals surface area contributed by atoms with Crippen LogP contribution >= 0.6 is 22.6 Å². The van der Waals surface area contributed by atoms with Gasteiger partial charge in [-0.3, -0.25) is 0 Å². The Hall–Kier alpha value is -0.830. The quantitative estimate of drug-likeness (QED) is 0.673. The van der Waals surface area contributed by atoms with Crippen molar-refractivity contribution in [1.29, 1.82) is 0 Å². The van der Waals surface area contributed by atoms with Crippen molar-refractivity contribution in [1.82, 2.24) is 4.98 Å². The number of esters is 1. The second-order valence-electron chi connectivity index (χ2n) is 2.85. The minimum absolute atomic E-state index is 0.00736. The van der Waals surface area contributed by atoms with Crippen LogP contribution in [0, 0.1) is 3.57 Å². The Morgan fingerprint density at radius 3 is 2.75 bits per heavy atom. The van der Waals surface area contributed by atoms with E-state index in [9.17, 15) is 13.6 Å². The molecule has 1 rings (SSSR count). The zero-order chi connectivity index (χ0) is 12.3. The van der Waals surface area contributed by atoms with E-state index in [1.54, 1.807) is 22.6 Å². The zero-order valence-corrected chi connectivity index (χ0v) is 10.5. The molecule has 1 heterocycles. The van der Waals surface area contributed by atoms with Gasteiger partial charge >= 0.3 is 5.97 Å². The first kappa shape index (κ1) is 13.2. The molecule has 0 bridgehead atoms. The maximum atomic E-state index is 12.6. The number of ether oxygens (including phenoxy) is 1. The summed E-state index contributed by atoms with van der Waals surface area (Å²) in [5.74, 6) is -0.667. The van der Waals surface area contributed by atoms with E-state index >= 15 is 0 Å². The molecule has 0 fully saturated rings. The number of carbonyl (C=O) groups excluding carboxylic acids is 1. The highest BCUT2D eigenvalue weighted by Crippen LogP contribution is 2.25. The molecule has 0 aromatic carbocycles. The summed E-state index contributed by atoms with van der Waals surface area (Å²) in [6.45, 7) is -0.152. The fourth-order valence-electron chi connectivity index (χ4n) is 1.13. The van der Waals surface area contributed by atoms with Crippen molar-refractivity contribution in [2.24, 2.45) is 5.73 Å². The summed E-state index contributed by atoms with van der Waals surface area (Å²) in [7, 11) is 1.20. The second-order valence-corrected chi connectivity index (χ2v) is 4.01. The van der Waals surface area contributed by atoms with Gasteiger partial charge in [0.1, 0.15) is 0 Å². The van der Waals surface area contributed by atoms with E-state index in [0.717, 1.165) is 0 Å². The van der Waals surface area contributed by atoms with Crippen molar-refractivity contribution in [3.8, 4) is 0 Å². The Kier molecular flexibility index (Phi) is 4.54. The molecule has 0 radical (unpaired) electrons. The van der Waals surface area contributed by atoms with Gasteiger partial charge in [0.15, 0.2) is 5.69 Å². The lowest BCUT2D eigenvalue weighted by Gasteiger charge is -2.09. The molecule has 1 aromatic heterocycles. The van der Waals surface area contributed by atoms with Crippen LogP contribution in [0.5, 0.6) is 0 Å².